The van der Waals surface area contributed by atoms with Crippen LogP contribution < -0.4 is 10.2 Å². The van der Waals surface area contributed by atoms with Gasteiger partial charge in [-0.15, -0.1) is 0 Å². The number of allylic oxidation sites excluding steroid dienone is 1. The number of hydrogen-bond acceptors (Lipinski definition) is 6. The molecule has 0 bridgehead atoms. The molecule has 1 N–H and O–H groups in total. The predicted molar refractivity (Wildman–Crippen MR) is 114 cm³/mol. The van der Waals surface area contributed by atoms with Gasteiger partial charge in [0, 0.05) is 35.2 Å². The van der Waals surface area contributed by atoms with E-state index in [-0.39, 0.29) is 22.8 Å². The third-order valence-electron chi connectivity index (χ3n) is 4.34. The van der Waals surface area contributed by atoms with E-state index in [0.29, 0.717) is 19.0 Å². The second kappa shape index (κ2) is 9.51. The van der Waals surface area contributed by atoms with Crippen molar-refractivity contribution in [2.75, 3.05) is 16.9 Å². The van der Waals surface area contributed by atoms with Crippen molar-refractivity contribution in [3.8, 4) is 0 Å². The van der Waals surface area contributed by atoms with Gasteiger partial charge in [-0.05, 0) is 74.5 Å². The van der Waals surface area contributed by atoms with Crippen LogP contribution in [0.15, 0.2) is 59.4 Å². The van der Waals surface area contributed by atoms with Crippen LogP contribution in [0.2, 0.25) is 0 Å². The molecule has 0 aliphatic carbocycles. The van der Waals surface area contributed by atoms with Gasteiger partial charge in [0.05, 0.1) is 12.8 Å². The molecule has 2 aromatic rings. The standard InChI is InChI=1S/C21H23F3N4O2S/c1-14(2)30-20(29)26-19-10-16(8-9-25-19)12-27-13-28(11-15(27)3)17-4-6-18(7-5-17)31-21(22,23)24/h4-11,14H,12-13H2,1-3H3,(H,25,26,29). The number of ether oxygens (including phenoxy) is 1. The number of carbonyl (C=O) groups is 1. The Labute approximate surface area is 183 Å². The van der Waals surface area contributed by atoms with Crippen LogP contribution in [0.3, 0.4) is 0 Å². The summed E-state index contributed by atoms with van der Waals surface area (Å²) in [6.45, 7) is 6.63. The highest BCUT2D eigenvalue weighted by Gasteiger charge is 2.29. The molecule has 0 unspecified atom stereocenters. The molecule has 0 saturated carbocycles. The number of pyridine rings is 1. The number of nitrogens with zero attached hydrogens (tertiary/aromatic N) is 3. The van der Waals surface area contributed by atoms with E-state index < -0.39 is 11.6 Å². The van der Waals surface area contributed by atoms with Gasteiger partial charge in [-0.3, -0.25) is 5.32 Å². The van der Waals surface area contributed by atoms with Crippen molar-refractivity contribution in [3.63, 3.8) is 0 Å². The number of alkyl halides is 3. The number of nitrogens with one attached hydrogen (secondary N) is 1. The first-order valence-electron chi connectivity index (χ1n) is 9.57. The molecule has 1 aliphatic rings. The van der Waals surface area contributed by atoms with Gasteiger partial charge in [-0.2, -0.15) is 13.2 Å². The zero-order valence-electron chi connectivity index (χ0n) is 17.3. The lowest BCUT2D eigenvalue weighted by Gasteiger charge is -2.23. The smallest absolute Gasteiger partial charge is 0.446 e. The Morgan fingerprint density at radius 2 is 1.97 bits per heavy atom. The molecular weight excluding hydrogens is 429 g/mol. The third kappa shape index (κ3) is 6.81. The number of halogens is 3. The minimum absolute atomic E-state index is 0.126. The molecule has 0 radical (unpaired) electrons. The fourth-order valence-electron chi connectivity index (χ4n) is 3.02. The Balaban J connectivity index is 1.61. The summed E-state index contributed by atoms with van der Waals surface area (Å²) in [6, 6.07) is 9.93. The number of anilines is 2. The van der Waals surface area contributed by atoms with Gasteiger partial charge in [-0.1, -0.05) is 0 Å². The molecule has 1 aromatic carbocycles. The van der Waals surface area contributed by atoms with Crippen LogP contribution in [0.1, 0.15) is 26.3 Å². The molecule has 6 nitrogen and oxygen atoms in total. The van der Waals surface area contributed by atoms with E-state index in [4.69, 9.17) is 4.74 Å². The lowest BCUT2D eigenvalue weighted by molar-refractivity contribution is -0.0328. The Morgan fingerprint density at radius 3 is 2.61 bits per heavy atom. The SMILES string of the molecule is CC1=CN(c2ccc(SC(F)(F)F)cc2)CN1Cc1ccnc(NC(=O)OC(C)C)c1. The summed E-state index contributed by atoms with van der Waals surface area (Å²) in [4.78, 5) is 20.1. The molecular formula is C21H23F3N4O2S. The van der Waals surface area contributed by atoms with Crippen LogP contribution >= 0.6 is 11.8 Å². The fraction of sp³-hybridized carbons (Fsp3) is 0.333. The first kappa shape index (κ1) is 22.8. The number of hydrogen-bond donors (Lipinski definition) is 1. The topological polar surface area (TPSA) is 57.7 Å². The fourth-order valence-corrected chi connectivity index (χ4v) is 3.56. The summed E-state index contributed by atoms with van der Waals surface area (Å²) in [7, 11) is 0. The van der Waals surface area contributed by atoms with E-state index in [9.17, 15) is 18.0 Å². The summed E-state index contributed by atoms with van der Waals surface area (Å²) >= 11 is -0.126. The maximum atomic E-state index is 12.5. The van der Waals surface area contributed by atoms with E-state index in [1.54, 1.807) is 38.2 Å². The highest BCUT2D eigenvalue weighted by Crippen LogP contribution is 2.37. The lowest BCUT2D eigenvalue weighted by atomic mass is 10.2. The van der Waals surface area contributed by atoms with Gasteiger partial charge in [0.1, 0.15) is 5.82 Å². The maximum absolute atomic E-state index is 12.5. The van der Waals surface area contributed by atoms with E-state index in [1.165, 1.54) is 12.1 Å². The van der Waals surface area contributed by atoms with Gasteiger partial charge >= 0.3 is 11.6 Å². The number of carbonyl (C=O) groups excluding carboxylic acids is 1. The van der Waals surface area contributed by atoms with Crippen molar-refractivity contribution in [3.05, 3.63) is 60.1 Å². The van der Waals surface area contributed by atoms with Crippen molar-refractivity contribution in [1.29, 1.82) is 0 Å². The molecule has 10 heteroatoms. The molecule has 166 valence electrons. The van der Waals surface area contributed by atoms with Gasteiger partial charge in [0.25, 0.3) is 0 Å². The van der Waals surface area contributed by atoms with Crippen LogP contribution in [-0.2, 0) is 11.3 Å². The van der Waals surface area contributed by atoms with Crippen molar-refractivity contribution >= 4 is 29.4 Å². The summed E-state index contributed by atoms with van der Waals surface area (Å²) in [5, 5.41) is 2.61. The molecule has 3 rings (SSSR count). The van der Waals surface area contributed by atoms with Crippen molar-refractivity contribution in [2.45, 2.75) is 43.8 Å². The molecule has 0 atom stereocenters. The van der Waals surface area contributed by atoms with Gasteiger partial charge in [-0.25, -0.2) is 9.78 Å². The van der Waals surface area contributed by atoms with Crippen LogP contribution in [-0.4, -0.2) is 34.3 Å². The van der Waals surface area contributed by atoms with Crippen molar-refractivity contribution in [1.82, 2.24) is 9.88 Å². The monoisotopic (exact) mass is 452 g/mol. The molecule has 1 amide bonds. The zero-order chi connectivity index (χ0) is 22.6. The third-order valence-corrected chi connectivity index (χ3v) is 5.08. The summed E-state index contributed by atoms with van der Waals surface area (Å²) in [5.41, 5.74) is -1.53. The number of amides is 1. The number of benzene rings is 1. The Morgan fingerprint density at radius 1 is 1.26 bits per heavy atom. The molecule has 0 spiro atoms. The van der Waals surface area contributed by atoms with E-state index in [2.05, 4.69) is 15.2 Å². The quantitative estimate of drug-likeness (QED) is 0.560. The first-order valence-corrected chi connectivity index (χ1v) is 10.4. The summed E-state index contributed by atoms with van der Waals surface area (Å²) < 4.78 is 42.6. The summed E-state index contributed by atoms with van der Waals surface area (Å²) in [6.07, 6.45) is 2.78. The van der Waals surface area contributed by atoms with Crippen LogP contribution in [0, 0.1) is 0 Å². The van der Waals surface area contributed by atoms with Crippen LogP contribution in [0.25, 0.3) is 0 Å². The van der Waals surface area contributed by atoms with Crippen molar-refractivity contribution in [2.24, 2.45) is 0 Å². The molecule has 2 heterocycles. The predicted octanol–water partition coefficient (Wildman–Crippen LogP) is 5.79. The number of thioether (sulfide) groups is 1. The molecule has 0 fully saturated rings. The molecule has 31 heavy (non-hydrogen) atoms. The normalized spacial score (nSPS) is 14.1. The van der Waals surface area contributed by atoms with E-state index >= 15 is 0 Å². The Bertz CT molecular complexity index is 948. The molecule has 1 aromatic heterocycles. The van der Waals surface area contributed by atoms with Gasteiger partial charge < -0.3 is 14.5 Å². The van der Waals surface area contributed by atoms with Gasteiger partial charge in [0.15, 0.2) is 0 Å². The van der Waals surface area contributed by atoms with Crippen LogP contribution in [0.4, 0.5) is 29.5 Å². The Kier molecular flexibility index (Phi) is 6.99. The molecule has 0 saturated heterocycles. The minimum atomic E-state index is -4.30. The van der Waals surface area contributed by atoms with E-state index in [1.807, 2.05) is 24.1 Å². The van der Waals surface area contributed by atoms with E-state index in [0.717, 1.165) is 16.9 Å². The maximum Gasteiger partial charge on any atom is 0.446 e. The number of aromatic nitrogens is 1. The average Bonchev–Trinajstić information content (AvgIpc) is 3.01. The Hall–Kier alpha value is -2.88. The largest absolute Gasteiger partial charge is 0.447 e. The highest BCUT2D eigenvalue weighted by atomic mass is 32.2. The number of rotatable bonds is 6. The van der Waals surface area contributed by atoms with Gasteiger partial charge in [0.2, 0.25) is 0 Å². The molecule has 1 aliphatic heterocycles. The minimum Gasteiger partial charge on any atom is -0.447 e. The lowest BCUT2D eigenvalue weighted by Crippen LogP contribution is -2.26. The first-order chi connectivity index (χ1) is 14.6. The highest BCUT2D eigenvalue weighted by molar-refractivity contribution is 8.00. The second-order valence-electron chi connectivity index (χ2n) is 7.25. The van der Waals surface area contributed by atoms with Crippen molar-refractivity contribution < 1.29 is 22.7 Å². The average molecular weight is 453 g/mol. The van der Waals surface area contributed by atoms with Crippen LogP contribution in [0.5, 0.6) is 0 Å². The second-order valence-corrected chi connectivity index (χ2v) is 8.39. The summed E-state index contributed by atoms with van der Waals surface area (Å²) in [5.74, 6) is 0.401. The zero-order valence-corrected chi connectivity index (χ0v) is 18.1.